The van der Waals surface area contributed by atoms with Gasteiger partial charge in [-0.1, -0.05) is 11.2 Å². The van der Waals surface area contributed by atoms with Crippen LogP contribution in [0.2, 0.25) is 0 Å². The van der Waals surface area contributed by atoms with Gasteiger partial charge in [-0.3, -0.25) is 9.78 Å². The molecule has 24 heavy (non-hydrogen) atoms. The van der Waals surface area contributed by atoms with Crippen LogP contribution in [0.4, 0.5) is 0 Å². The molecule has 1 aliphatic rings. The van der Waals surface area contributed by atoms with Gasteiger partial charge < -0.3 is 13.8 Å². The zero-order chi connectivity index (χ0) is 16.4. The summed E-state index contributed by atoms with van der Waals surface area (Å²) in [6, 6.07) is 9.09. The van der Waals surface area contributed by atoms with E-state index in [9.17, 15) is 4.79 Å². The number of furan rings is 1. The highest BCUT2D eigenvalue weighted by Crippen LogP contribution is 2.27. The van der Waals surface area contributed by atoms with E-state index in [-0.39, 0.29) is 11.8 Å². The molecule has 1 amide bonds. The van der Waals surface area contributed by atoms with E-state index < -0.39 is 0 Å². The van der Waals surface area contributed by atoms with Gasteiger partial charge in [0, 0.05) is 25.4 Å². The van der Waals surface area contributed by atoms with Crippen molar-refractivity contribution in [2.45, 2.75) is 5.92 Å². The minimum Gasteiger partial charge on any atom is -0.465 e. The van der Waals surface area contributed by atoms with E-state index in [0.29, 0.717) is 36.3 Å². The lowest BCUT2D eigenvalue weighted by Crippen LogP contribution is -2.47. The van der Waals surface area contributed by atoms with Gasteiger partial charge in [0.1, 0.15) is 11.5 Å². The molecular formula is C17H14N4O3. The summed E-state index contributed by atoms with van der Waals surface area (Å²) in [5, 5.41) is 3.95. The average molecular weight is 322 g/mol. The van der Waals surface area contributed by atoms with E-state index in [1.54, 1.807) is 35.6 Å². The fourth-order valence-corrected chi connectivity index (χ4v) is 2.46. The molecule has 4 rings (SSSR count). The van der Waals surface area contributed by atoms with Crippen molar-refractivity contribution < 1.29 is 13.7 Å². The third-order valence-corrected chi connectivity index (χ3v) is 3.81. The lowest BCUT2D eigenvalue weighted by Gasteiger charge is -2.36. The summed E-state index contributed by atoms with van der Waals surface area (Å²) in [5.74, 6) is 1.66. The van der Waals surface area contributed by atoms with E-state index in [4.69, 9.17) is 8.94 Å². The first kappa shape index (κ1) is 14.4. The molecule has 3 aromatic heterocycles. The van der Waals surface area contributed by atoms with Crippen LogP contribution >= 0.6 is 0 Å². The molecule has 0 unspecified atom stereocenters. The number of carbonyl (C=O) groups excluding carboxylic acids is 1. The third-order valence-electron chi connectivity index (χ3n) is 3.81. The molecule has 0 aromatic carbocycles. The Morgan fingerprint density at radius 3 is 2.92 bits per heavy atom. The summed E-state index contributed by atoms with van der Waals surface area (Å²) in [6.45, 7) is 1.12. The van der Waals surface area contributed by atoms with Crippen molar-refractivity contribution in [1.82, 2.24) is 20.0 Å². The lowest BCUT2D eigenvalue weighted by atomic mass is 10.00. The Labute approximate surface area is 137 Å². The molecule has 0 atom stereocenters. The van der Waals surface area contributed by atoms with E-state index in [0.717, 1.165) is 0 Å². The molecule has 7 nitrogen and oxygen atoms in total. The third kappa shape index (κ3) is 2.83. The predicted octanol–water partition coefficient (Wildman–Crippen LogP) is 2.36. The fraction of sp³-hybridized carbons (Fsp3) is 0.176. The van der Waals surface area contributed by atoms with Crippen LogP contribution in [-0.4, -0.2) is 39.0 Å². The SMILES string of the molecule is O=C(/C=C/c1ccco1)N1CC(c2nc(-c3ccccn3)no2)C1. The van der Waals surface area contributed by atoms with Crippen LogP contribution in [0.15, 0.2) is 57.8 Å². The zero-order valence-electron chi connectivity index (χ0n) is 12.7. The van der Waals surface area contributed by atoms with E-state index >= 15 is 0 Å². The van der Waals surface area contributed by atoms with Crippen molar-refractivity contribution in [2.24, 2.45) is 0 Å². The van der Waals surface area contributed by atoms with Gasteiger partial charge in [-0.2, -0.15) is 4.98 Å². The second kappa shape index (κ2) is 6.11. The maximum absolute atomic E-state index is 12.0. The van der Waals surface area contributed by atoms with Crippen LogP contribution in [-0.2, 0) is 4.79 Å². The largest absolute Gasteiger partial charge is 0.465 e. The van der Waals surface area contributed by atoms with Crippen LogP contribution in [0.25, 0.3) is 17.6 Å². The quantitative estimate of drug-likeness (QED) is 0.686. The van der Waals surface area contributed by atoms with Crippen LogP contribution in [0, 0.1) is 0 Å². The van der Waals surface area contributed by atoms with E-state index in [2.05, 4.69) is 15.1 Å². The summed E-state index contributed by atoms with van der Waals surface area (Å²) in [5.41, 5.74) is 0.668. The minimum atomic E-state index is -0.0629. The second-order valence-electron chi connectivity index (χ2n) is 5.46. The van der Waals surface area contributed by atoms with E-state index in [1.165, 1.54) is 6.08 Å². The van der Waals surface area contributed by atoms with Crippen molar-refractivity contribution in [3.05, 3.63) is 60.5 Å². The van der Waals surface area contributed by atoms with Crippen LogP contribution < -0.4 is 0 Å². The highest BCUT2D eigenvalue weighted by atomic mass is 16.5. The molecule has 3 aromatic rings. The molecule has 0 saturated carbocycles. The van der Waals surface area contributed by atoms with Crippen LogP contribution in [0.1, 0.15) is 17.6 Å². The molecule has 0 aliphatic carbocycles. The zero-order valence-corrected chi connectivity index (χ0v) is 12.7. The first-order chi connectivity index (χ1) is 11.8. The van der Waals surface area contributed by atoms with Crippen LogP contribution in [0.3, 0.4) is 0 Å². The number of likely N-dealkylation sites (tertiary alicyclic amines) is 1. The molecule has 1 saturated heterocycles. The average Bonchev–Trinajstić information content (AvgIpc) is 3.24. The number of carbonyl (C=O) groups is 1. The number of aromatic nitrogens is 3. The van der Waals surface area contributed by atoms with Gasteiger partial charge in [0.05, 0.1) is 12.2 Å². The molecule has 1 aliphatic heterocycles. The highest BCUT2D eigenvalue weighted by Gasteiger charge is 2.34. The summed E-state index contributed by atoms with van der Waals surface area (Å²) < 4.78 is 10.5. The number of hydrogen-bond acceptors (Lipinski definition) is 6. The molecule has 4 heterocycles. The van der Waals surface area contributed by atoms with Crippen molar-refractivity contribution in [2.75, 3.05) is 13.1 Å². The Morgan fingerprint density at radius 1 is 1.25 bits per heavy atom. The normalized spacial score (nSPS) is 14.9. The van der Waals surface area contributed by atoms with E-state index in [1.807, 2.05) is 18.2 Å². The number of hydrogen-bond donors (Lipinski definition) is 0. The highest BCUT2D eigenvalue weighted by molar-refractivity contribution is 5.92. The Hall–Kier alpha value is -3.22. The Bertz CT molecular complexity index is 849. The van der Waals surface area contributed by atoms with Gasteiger partial charge in [0.15, 0.2) is 0 Å². The lowest BCUT2D eigenvalue weighted by molar-refractivity contribution is -0.130. The topological polar surface area (TPSA) is 85.3 Å². The minimum absolute atomic E-state index is 0.0629. The Morgan fingerprint density at radius 2 is 2.17 bits per heavy atom. The Kier molecular flexibility index (Phi) is 3.66. The summed E-state index contributed by atoms with van der Waals surface area (Å²) in [7, 11) is 0. The van der Waals surface area contributed by atoms with Gasteiger partial charge in [-0.25, -0.2) is 0 Å². The molecule has 1 fully saturated rings. The molecule has 7 heteroatoms. The van der Waals surface area contributed by atoms with Crippen LogP contribution in [0.5, 0.6) is 0 Å². The molecule has 0 bridgehead atoms. The van der Waals surface area contributed by atoms with Crippen molar-refractivity contribution in [1.29, 1.82) is 0 Å². The molecule has 120 valence electrons. The number of nitrogens with zero attached hydrogens (tertiary/aromatic N) is 4. The van der Waals surface area contributed by atoms with Crippen molar-refractivity contribution in [3.8, 4) is 11.5 Å². The second-order valence-corrected chi connectivity index (χ2v) is 5.46. The molecule has 0 N–H and O–H groups in total. The maximum atomic E-state index is 12.0. The predicted molar refractivity (Wildman–Crippen MR) is 84.6 cm³/mol. The number of pyridine rings is 1. The van der Waals surface area contributed by atoms with Gasteiger partial charge in [0.25, 0.3) is 0 Å². The smallest absolute Gasteiger partial charge is 0.246 e. The Balaban J connectivity index is 1.36. The van der Waals surface area contributed by atoms with Gasteiger partial charge in [-0.15, -0.1) is 0 Å². The number of amides is 1. The van der Waals surface area contributed by atoms with Crippen molar-refractivity contribution in [3.63, 3.8) is 0 Å². The van der Waals surface area contributed by atoms with Gasteiger partial charge >= 0.3 is 0 Å². The van der Waals surface area contributed by atoms with Gasteiger partial charge in [-0.05, 0) is 30.3 Å². The summed E-state index contributed by atoms with van der Waals surface area (Å²) >= 11 is 0. The summed E-state index contributed by atoms with van der Waals surface area (Å²) in [4.78, 5) is 22.3. The van der Waals surface area contributed by atoms with Crippen molar-refractivity contribution >= 4 is 12.0 Å². The maximum Gasteiger partial charge on any atom is 0.246 e. The molecule has 0 radical (unpaired) electrons. The first-order valence-electron chi connectivity index (χ1n) is 7.55. The first-order valence-corrected chi connectivity index (χ1v) is 7.55. The fourth-order valence-electron chi connectivity index (χ4n) is 2.46. The summed E-state index contributed by atoms with van der Waals surface area (Å²) in [6.07, 6.45) is 6.41. The molecular weight excluding hydrogens is 308 g/mol. The standard InChI is InChI=1S/C17H14N4O3/c22-15(7-6-13-4-3-9-23-13)21-10-12(11-21)17-19-16(20-24-17)14-5-1-2-8-18-14/h1-9,12H,10-11H2/b7-6+. The number of rotatable bonds is 4. The monoisotopic (exact) mass is 322 g/mol. The van der Waals surface area contributed by atoms with Gasteiger partial charge in [0.2, 0.25) is 17.6 Å². The molecule has 0 spiro atoms.